The summed E-state index contributed by atoms with van der Waals surface area (Å²) in [5, 5.41) is 0. The highest BCUT2D eigenvalue weighted by Crippen LogP contribution is 2.41. The molecule has 3 nitrogen and oxygen atoms in total. The van der Waals surface area contributed by atoms with E-state index in [0.29, 0.717) is 11.8 Å². The molecule has 4 rings (SSSR count). The number of aryl methyl sites for hydroxylation is 1. The van der Waals surface area contributed by atoms with Crippen LogP contribution in [0.4, 0.5) is 0 Å². The summed E-state index contributed by atoms with van der Waals surface area (Å²) in [6.45, 7) is 0. The van der Waals surface area contributed by atoms with Gasteiger partial charge in [0.25, 0.3) is 0 Å². The Balaban J connectivity index is 1.77. The molecule has 1 saturated carbocycles. The maximum Gasteiger partial charge on any atom is 0.133 e. The third kappa shape index (κ3) is 2.08. The normalized spacial score (nSPS) is 21.4. The molecule has 1 atom stereocenters. The fourth-order valence-electron chi connectivity index (χ4n) is 2.86. The third-order valence-electron chi connectivity index (χ3n) is 3.99. The van der Waals surface area contributed by atoms with E-state index >= 15 is 0 Å². The summed E-state index contributed by atoms with van der Waals surface area (Å²) in [5.74, 6) is 1.93. The van der Waals surface area contributed by atoms with Crippen molar-refractivity contribution < 1.29 is 0 Å². The lowest BCUT2D eigenvalue weighted by Crippen LogP contribution is -2.05. The highest BCUT2D eigenvalue weighted by molar-refractivity contribution is 9.10. The Morgan fingerprint density at radius 2 is 2.05 bits per heavy atom. The molecule has 96 valence electrons. The van der Waals surface area contributed by atoms with Gasteiger partial charge in [-0.3, -0.25) is 4.98 Å². The van der Waals surface area contributed by atoms with Crippen LogP contribution in [0.25, 0.3) is 0 Å². The fraction of sp³-hybridized carbons (Fsp3) is 0.400. The minimum atomic E-state index is 0.341. The number of hydrogen-bond donors (Lipinski definition) is 0. The van der Waals surface area contributed by atoms with Gasteiger partial charge in [-0.25, -0.2) is 9.97 Å². The van der Waals surface area contributed by atoms with Crippen LogP contribution in [0.2, 0.25) is 0 Å². The Labute approximate surface area is 120 Å². The van der Waals surface area contributed by atoms with E-state index in [4.69, 9.17) is 4.98 Å². The van der Waals surface area contributed by atoms with E-state index in [1.54, 1.807) is 0 Å². The molecule has 0 amide bonds. The van der Waals surface area contributed by atoms with Crippen molar-refractivity contribution in [1.29, 1.82) is 0 Å². The lowest BCUT2D eigenvalue weighted by atomic mass is 10.0. The molecule has 2 aliphatic carbocycles. The van der Waals surface area contributed by atoms with Crippen molar-refractivity contribution >= 4 is 15.9 Å². The van der Waals surface area contributed by atoms with E-state index in [-0.39, 0.29) is 0 Å². The molecule has 0 bridgehead atoms. The van der Waals surface area contributed by atoms with Gasteiger partial charge < -0.3 is 0 Å². The van der Waals surface area contributed by atoms with Crippen molar-refractivity contribution in [1.82, 2.24) is 15.0 Å². The van der Waals surface area contributed by atoms with Gasteiger partial charge >= 0.3 is 0 Å². The molecule has 0 aromatic carbocycles. The van der Waals surface area contributed by atoms with Crippen LogP contribution in [0, 0.1) is 0 Å². The molecule has 1 fully saturated rings. The lowest BCUT2D eigenvalue weighted by molar-refractivity contribution is 0.725. The molecule has 0 saturated heterocycles. The minimum absolute atomic E-state index is 0.341. The minimum Gasteiger partial charge on any atom is -0.260 e. The SMILES string of the molecule is Brc1cc(C2CCc3cccnc32)nc(C2CC2)n1. The van der Waals surface area contributed by atoms with E-state index in [0.717, 1.165) is 29.0 Å². The molecule has 2 aliphatic rings. The van der Waals surface area contributed by atoms with E-state index in [1.165, 1.54) is 24.1 Å². The predicted octanol–water partition coefficient (Wildman–Crippen LogP) is 3.59. The quantitative estimate of drug-likeness (QED) is 0.795. The number of aromatic nitrogens is 3. The zero-order valence-electron chi connectivity index (χ0n) is 10.5. The first-order valence-electron chi connectivity index (χ1n) is 6.79. The van der Waals surface area contributed by atoms with Crippen LogP contribution in [0.5, 0.6) is 0 Å². The van der Waals surface area contributed by atoms with Crippen molar-refractivity contribution in [2.75, 3.05) is 0 Å². The van der Waals surface area contributed by atoms with Crippen LogP contribution in [0.3, 0.4) is 0 Å². The maximum atomic E-state index is 4.80. The van der Waals surface area contributed by atoms with Gasteiger partial charge in [0.15, 0.2) is 0 Å². The Kier molecular flexibility index (Phi) is 2.65. The topological polar surface area (TPSA) is 38.7 Å². The Morgan fingerprint density at radius 3 is 2.89 bits per heavy atom. The number of rotatable bonds is 2. The number of hydrogen-bond acceptors (Lipinski definition) is 3. The van der Waals surface area contributed by atoms with Gasteiger partial charge in [-0.1, -0.05) is 6.07 Å². The first kappa shape index (κ1) is 11.5. The molecule has 19 heavy (non-hydrogen) atoms. The van der Waals surface area contributed by atoms with Gasteiger partial charge in [0.1, 0.15) is 10.4 Å². The summed E-state index contributed by atoms with van der Waals surface area (Å²) >= 11 is 3.52. The smallest absolute Gasteiger partial charge is 0.133 e. The van der Waals surface area contributed by atoms with Crippen LogP contribution in [-0.4, -0.2) is 15.0 Å². The predicted molar refractivity (Wildman–Crippen MR) is 76.1 cm³/mol. The largest absolute Gasteiger partial charge is 0.260 e. The molecule has 4 heteroatoms. The first-order chi connectivity index (χ1) is 9.31. The summed E-state index contributed by atoms with van der Waals surface area (Å²) in [7, 11) is 0. The molecule has 0 aliphatic heterocycles. The molecule has 0 spiro atoms. The summed E-state index contributed by atoms with van der Waals surface area (Å²) in [4.78, 5) is 13.9. The molecular weight excluding hydrogens is 302 g/mol. The summed E-state index contributed by atoms with van der Waals surface area (Å²) in [5.41, 5.74) is 3.70. The molecule has 2 aromatic heterocycles. The molecule has 2 aromatic rings. The van der Waals surface area contributed by atoms with E-state index in [1.807, 2.05) is 12.3 Å². The van der Waals surface area contributed by atoms with Crippen LogP contribution < -0.4 is 0 Å². The summed E-state index contributed by atoms with van der Waals surface area (Å²) in [6, 6.07) is 6.26. The van der Waals surface area contributed by atoms with Crippen molar-refractivity contribution in [2.24, 2.45) is 0 Å². The van der Waals surface area contributed by atoms with E-state index in [2.05, 4.69) is 38.0 Å². The summed E-state index contributed by atoms with van der Waals surface area (Å²) < 4.78 is 0.906. The van der Waals surface area contributed by atoms with Crippen molar-refractivity contribution in [3.63, 3.8) is 0 Å². The van der Waals surface area contributed by atoms with Gasteiger partial charge in [-0.05, 0) is 59.3 Å². The summed E-state index contributed by atoms with van der Waals surface area (Å²) in [6.07, 6.45) is 6.56. The van der Waals surface area contributed by atoms with Gasteiger partial charge in [0.05, 0.1) is 11.4 Å². The first-order valence-corrected chi connectivity index (χ1v) is 7.59. The standard InChI is InChI=1S/C15H14BrN3/c16-13-8-12(18-15(19-13)10-3-4-10)11-6-5-9-2-1-7-17-14(9)11/h1-2,7-8,10-11H,3-6H2. The number of fused-ring (bicyclic) bond motifs is 1. The second-order valence-corrected chi connectivity index (χ2v) is 6.20. The fourth-order valence-corrected chi connectivity index (χ4v) is 3.27. The van der Waals surface area contributed by atoms with Crippen LogP contribution in [0.15, 0.2) is 29.0 Å². The van der Waals surface area contributed by atoms with Crippen molar-refractivity contribution in [3.8, 4) is 0 Å². The zero-order chi connectivity index (χ0) is 12.8. The zero-order valence-corrected chi connectivity index (χ0v) is 12.1. The highest BCUT2D eigenvalue weighted by Gasteiger charge is 2.30. The lowest BCUT2D eigenvalue weighted by Gasteiger charge is -2.11. The molecule has 1 unspecified atom stereocenters. The van der Waals surface area contributed by atoms with Crippen LogP contribution >= 0.6 is 15.9 Å². The van der Waals surface area contributed by atoms with Crippen molar-refractivity contribution in [2.45, 2.75) is 37.5 Å². The molecule has 2 heterocycles. The number of pyridine rings is 1. The Bertz CT molecular complexity index is 637. The maximum absolute atomic E-state index is 4.80. The monoisotopic (exact) mass is 315 g/mol. The van der Waals surface area contributed by atoms with Crippen LogP contribution in [-0.2, 0) is 6.42 Å². The van der Waals surface area contributed by atoms with Gasteiger partial charge in [-0.15, -0.1) is 0 Å². The van der Waals surface area contributed by atoms with Gasteiger partial charge in [-0.2, -0.15) is 0 Å². The average Bonchev–Trinajstić information content (AvgIpc) is 3.18. The van der Waals surface area contributed by atoms with Crippen molar-refractivity contribution in [3.05, 3.63) is 51.8 Å². The second-order valence-electron chi connectivity index (χ2n) is 5.39. The third-order valence-corrected chi connectivity index (χ3v) is 4.40. The van der Waals surface area contributed by atoms with E-state index < -0.39 is 0 Å². The molecule has 0 N–H and O–H groups in total. The van der Waals surface area contributed by atoms with Crippen LogP contribution in [0.1, 0.15) is 53.9 Å². The van der Waals surface area contributed by atoms with Gasteiger partial charge in [0, 0.05) is 18.0 Å². The molecule has 0 radical (unpaired) electrons. The highest BCUT2D eigenvalue weighted by atomic mass is 79.9. The second kappa shape index (κ2) is 4.37. The van der Waals surface area contributed by atoms with Gasteiger partial charge in [0.2, 0.25) is 0 Å². The Morgan fingerprint density at radius 1 is 1.16 bits per heavy atom. The van der Waals surface area contributed by atoms with E-state index in [9.17, 15) is 0 Å². The average molecular weight is 316 g/mol. The number of nitrogens with zero attached hydrogens (tertiary/aromatic N) is 3. The number of halogens is 1. The Hall–Kier alpha value is -1.29. The molecular formula is C15H14BrN3.